The van der Waals surface area contributed by atoms with Crippen LogP contribution >= 0.6 is 0 Å². The zero-order chi connectivity index (χ0) is 15.9. The second-order valence-electron chi connectivity index (χ2n) is 5.46. The minimum atomic E-state index is 0.275. The highest BCUT2D eigenvalue weighted by atomic mass is 16.5. The van der Waals surface area contributed by atoms with E-state index in [1.807, 2.05) is 26.0 Å². The normalized spacial score (nSPS) is 18.3. The molecule has 1 atom stereocenters. The van der Waals surface area contributed by atoms with Crippen LogP contribution in [0.15, 0.2) is 24.4 Å². The number of likely N-dealkylation sites (tertiary alicyclic amines) is 1. The first-order chi connectivity index (χ1) is 10.8. The van der Waals surface area contributed by atoms with Gasteiger partial charge in [0.25, 0.3) is 0 Å². The third-order valence-corrected chi connectivity index (χ3v) is 4.35. The molecule has 122 valence electrons. The lowest BCUT2D eigenvalue weighted by Gasteiger charge is -2.22. The summed E-state index contributed by atoms with van der Waals surface area (Å²) in [4.78, 5) is 5.71. The summed E-state index contributed by atoms with van der Waals surface area (Å²) in [5.41, 5.74) is 2.42. The lowest BCUT2D eigenvalue weighted by atomic mass is 10.1. The second kappa shape index (κ2) is 8.20. The van der Waals surface area contributed by atoms with Crippen molar-refractivity contribution in [2.45, 2.75) is 39.2 Å². The molecule has 0 saturated carbocycles. The summed E-state index contributed by atoms with van der Waals surface area (Å²) in [5.74, 6) is 0.930. The Morgan fingerprint density at radius 1 is 1.36 bits per heavy atom. The zero-order valence-corrected chi connectivity index (χ0v) is 13.9. The molecule has 22 heavy (non-hydrogen) atoms. The van der Waals surface area contributed by atoms with Gasteiger partial charge in [0.2, 0.25) is 0 Å². The molecule has 0 spiro atoms. The van der Waals surface area contributed by atoms with Crippen molar-refractivity contribution in [2.24, 2.45) is 0 Å². The fourth-order valence-corrected chi connectivity index (χ4v) is 3.25. The minimum Gasteiger partial charge on any atom is -0.496 e. The Balaban J connectivity index is 0.000000847. The Kier molecular flexibility index (Phi) is 6.28. The SMILES string of the molecule is CC.COc1cccc2[nH]cc(CCN3CCCC3CO)c12. The van der Waals surface area contributed by atoms with Gasteiger partial charge in [-0.2, -0.15) is 0 Å². The molecule has 0 radical (unpaired) electrons. The van der Waals surface area contributed by atoms with Crippen LogP contribution in [0, 0.1) is 0 Å². The van der Waals surface area contributed by atoms with Gasteiger partial charge in [-0.1, -0.05) is 19.9 Å². The van der Waals surface area contributed by atoms with Gasteiger partial charge in [0, 0.05) is 29.7 Å². The number of ether oxygens (including phenoxy) is 1. The van der Waals surface area contributed by atoms with Crippen LogP contribution < -0.4 is 4.74 Å². The number of rotatable bonds is 5. The van der Waals surface area contributed by atoms with Crippen molar-refractivity contribution < 1.29 is 9.84 Å². The van der Waals surface area contributed by atoms with Crippen LogP contribution in [-0.4, -0.2) is 47.8 Å². The molecule has 1 aliphatic rings. The van der Waals surface area contributed by atoms with Crippen LogP contribution in [0.5, 0.6) is 5.75 Å². The Labute approximate surface area is 133 Å². The summed E-state index contributed by atoms with van der Waals surface area (Å²) < 4.78 is 5.47. The highest BCUT2D eigenvalue weighted by molar-refractivity contribution is 5.89. The first kappa shape index (κ1) is 16.8. The van der Waals surface area contributed by atoms with Crippen LogP contribution in [0.2, 0.25) is 0 Å². The van der Waals surface area contributed by atoms with Gasteiger partial charge in [0.1, 0.15) is 5.75 Å². The van der Waals surface area contributed by atoms with Gasteiger partial charge in [-0.15, -0.1) is 0 Å². The predicted molar refractivity (Wildman–Crippen MR) is 91.6 cm³/mol. The summed E-state index contributed by atoms with van der Waals surface area (Å²) >= 11 is 0. The number of methoxy groups -OCH3 is 1. The van der Waals surface area contributed by atoms with Gasteiger partial charge in [0.15, 0.2) is 0 Å². The van der Waals surface area contributed by atoms with Crippen molar-refractivity contribution in [3.05, 3.63) is 30.0 Å². The summed E-state index contributed by atoms with van der Waals surface area (Å²) in [5, 5.41) is 10.6. The van der Waals surface area contributed by atoms with E-state index in [2.05, 4.69) is 22.1 Å². The summed E-state index contributed by atoms with van der Waals surface area (Å²) in [7, 11) is 1.72. The van der Waals surface area contributed by atoms with Crippen LogP contribution in [0.4, 0.5) is 0 Å². The second-order valence-corrected chi connectivity index (χ2v) is 5.46. The molecule has 3 rings (SSSR count). The van der Waals surface area contributed by atoms with E-state index in [9.17, 15) is 5.11 Å². The smallest absolute Gasteiger partial charge is 0.128 e. The molecule has 2 N–H and O–H groups in total. The van der Waals surface area contributed by atoms with Crippen molar-refractivity contribution in [3.63, 3.8) is 0 Å². The molecule has 0 aliphatic carbocycles. The van der Waals surface area contributed by atoms with E-state index in [1.54, 1.807) is 7.11 Å². The van der Waals surface area contributed by atoms with Crippen molar-refractivity contribution >= 4 is 10.9 Å². The largest absolute Gasteiger partial charge is 0.496 e. The molecule has 2 aromatic rings. The third kappa shape index (κ3) is 3.45. The molecular formula is C18H28N2O2. The Morgan fingerprint density at radius 2 is 2.18 bits per heavy atom. The van der Waals surface area contributed by atoms with Gasteiger partial charge in [-0.3, -0.25) is 4.90 Å². The highest BCUT2D eigenvalue weighted by Gasteiger charge is 2.23. The number of benzene rings is 1. The average molecular weight is 304 g/mol. The average Bonchev–Trinajstić information content (AvgIpc) is 3.20. The van der Waals surface area contributed by atoms with Crippen molar-refractivity contribution in [1.29, 1.82) is 0 Å². The van der Waals surface area contributed by atoms with E-state index in [0.717, 1.165) is 37.2 Å². The molecule has 4 heteroatoms. The lowest BCUT2D eigenvalue weighted by Crippen LogP contribution is -2.33. The maximum Gasteiger partial charge on any atom is 0.128 e. The zero-order valence-electron chi connectivity index (χ0n) is 13.9. The predicted octanol–water partition coefficient (Wildman–Crippen LogP) is 3.20. The molecule has 1 aromatic heterocycles. The third-order valence-electron chi connectivity index (χ3n) is 4.35. The lowest BCUT2D eigenvalue weighted by molar-refractivity contribution is 0.160. The van der Waals surface area contributed by atoms with Gasteiger partial charge in [-0.05, 0) is 43.5 Å². The standard InChI is InChI=1S/C16H22N2O2.C2H6/c1-20-15-6-2-5-14-16(15)12(10-17-14)7-9-18-8-3-4-13(18)11-19;1-2/h2,5-6,10,13,17,19H,3-4,7-9,11H2,1H3;1-2H3. The molecule has 1 unspecified atom stereocenters. The molecule has 0 bridgehead atoms. The topological polar surface area (TPSA) is 48.5 Å². The van der Waals surface area contributed by atoms with E-state index >= 15 is 0 Å². The quantitative estimate of drug-likeness (QED) is 0.892. The number of aliphatic hydroxyl groups excluding tert-OH is 1. The van der Waals surface area contributed by atoms with Gasteiger partial charge in [-0.25, -0.2) is 0 Å². The Morgan fingerprint density at radius 3 is 2.91 bits per heavy atom. The number of nitrogens with one attached hydrogen (secondary N) is 1. The van der Waals surface area contributed by atoms with Gasteiger partial charge in [0.05, 0.1) is 13.7 Å². The number of hydrogen-bond donors (Lipinski definition) is 2. The maximum absolute atomic E-state index is 9.38. The first-order valence-corrected chi connectivity index (χ1v) is 8.31. The first-order valence-electron chi connectivity index (χ1n) is 8.31. The molecule has 1 saturated heterocycles. The fourth-order valence-electron chi connectivity index (χ4n) is 3.25. The van der Waals surface area contributed by atoms with E-state index in [0.29, 0.717) is 6.04 Å². The van der Waals surface area contributed by atoms with E-state index in [4.69, 9.17) is 4.74 Å². The van der Waals surface area contributed by atoms with Crippen LogP contribution in [-0.2, 0) is 6.42 Å². The molecular weight excluding hydrogens is 276 g/mol. The summed E-state index contributed by atoms with van der Waals surface area (Å²) in [6.45, 7) is 6.37. The number of hydrogen-bond acceptors (Lipinski definition) is 3. The molecule has 2 heterocycles. The minimum absolute atomic E-state index is 0.275. The van der Waals surface area contributed by atoms with E-state index in [-0.39, 0.29) is 6.61 Å². The van der Waals surface area contributed by atoms with E-state index < -0.39 is 0 Å². The molecule has 4 nitrogen and oxygen atoms in total. The number of nitrogens with zero attached hydrogens (tertiary/aromatic N) is 1. The number of aliphatic hydroxyl groups is 1. The van der Waals surface area contributed by atoms with Gasteiger partial charge >= 0.3 is 0 Å². The van der Waals surface area contributed by atoms with Crippen molar-refractivity contribution in [3.8, 4) is 5.75 Å². The maximum atomic E-state index is 9.38. The van der Waals surface area contributed by atoms with E-state index in [1.165, 1.54) is 17.4 Å². The van der Waals surface area contributed by atoms with Crippen LogP contribution in [0.25, 0.3) is 10.9 Å². The van der Waals surface area contributed by atoms with Crippen LogP contribution in [0.1, 0.15) is 32.3 Å². The summed E-state index contributed by atoms with van der Waals surface area (Å²) in [6.07, 6.45) is 5.38. The molecule has 0 amide bonds. The number of aromatic nitrogens is 1. The van der Waals surface area contributed by atoms with Crippen molar-refractivity contribution in [2.75, 3.05) is 26.8 Å². The van der Waals surface area contributed by atoms with Crippen molar-refractivity contribution in [1.82, 2.24) is 9.88 Å². The molecule has 1 aromatic carbocycles. The number of fused-ring (bicyclic) bond motifs is 1. The summed E-state index contributed by atoms with van der Waals surface area (Å²) in [6, 6.07) is 6.44. The van der Waals surface area contributed by atoms with Gasteiger partial charge < -0.3 is 14.8 Å². The fraction of sp³-hybridized carbons (Fsp3) is 0.556. The molecule has 1 aliphatic heterocycles. The number of H-pyrrole nitrogens is 1. The Bertz CT molecular complexity index is 579. The molecule has 1 fully saturated rings. The monoisotopic (exact) mass is 304 g/mol. The number of aromatic amines is 1. The Hall–Kier alpha value is -1.52. The highest BCUT2D eigenvalue weighted by Crippen LogP contribution is 2.29. The van der Waals surface area contributed by atoms with Crippen LogP contribution in [0.3, 0.4) is 0 Å².